The summed E-state index contributed by atoms with van der Waals surface area (Å²) in [5.74, 6) is -1.40. The first-order valence-corrected chi connectivity index (χ1v) is 15.6. The molecule has 1 saturated heterocycles. The van der Waals surface area contributed by atoms with Crippen molar-refractivity contribution in [3.05, 3.63) is 75.3 Å². The smallest absolute Gasteiger partial charge is 0.459 e. The Morgan fingerprint density at radius 1 is 1.20 bits per heavy atom. The van der Waals surface area contributed by atoms with Gasteiger partial charge in [-0.25, -0.2) is 18.1 Å². The van der Waals surface area contributed by atoms with E-state index in [-0.39, 0.29) is 16.7 Å². The van der Waals surface area contributed by atoms with Gasteiger partial charge in [0.25, 0.3) is 5.56 Å². The number of alkyl halides is 1. The summed E-state index contributed by atoms with van der Waals surface area (Å²) in [5, 5.41) is 14.2. The number of hydrogen-bond donors (Lipinski definition) is 3. The van der Waals surface area contributed by atoms with Crippen LogP contribution in [0.4, 0.5) is 8.78 Å². The minimum atomic E-state index is -4.62. The Kier molecular flexibility index (Phi) is 8.77. The molecule has 2 aromatic carbocycles. The first-order valence-electron chi connectivity index (χ1n) is 14.0. The van der Waals surface area contributed by atoms with Crippen molar-refractivity contribution >= 4 is 35.5 Å². The molecule has 0 saturated carbocycles. The number of aryl methyl sites for hydroxylation is 1. The van der Waals surface area contributed by atoms with Gasteiger partial charge in [-0.05, 0) is 45.9 Å². The first kappa shape index (κ1) is 32.5. The van der Waals surface area contributed by atoms with Crippen LogP contribution in [0.15, 0.2) is 58.3 Å². The summed E-state index contributed by atoms with van der Waals surface area (Å²) in [6, 6.07) is 9.15. The summed E-state index contributed by atoms with van der Waals surface area (Å²) < 4.78 is 69.9. The number of aromatic nitrogens is 3. The lowest BCUT2D eigenvalue weighted by Crippen LogP contribution is -2.43. The molecule has 5 rings (SSSR count). The molecule has 0 aliphatic carbocycles. The maximum absolute atomic E-state index is 15.8. The molecule has 1 unspecified atom stereocenters. The van der Waals surface area contributed by atoms with E-state index < -0.39 is 73.6 Å². The number of nitrogens with one attached hydrogen (secondary N) is 2. The molecule has 0 bridgehead atoms. The summed E-state index contributed by atoms with van der Waals surface area (Å²) >= 11 is 0. The second-order valence-corrected chi connectivity index (χ2v) is 12.9. The Morgan fingerprint density at radius 2 is 1.91 bits per heavy atom. The van der Waals surface area contributed by atoms with E-state index in [9.17, 15) is 24.1 Å². The standard InChI is InChI=1S/C29H33F2N4O9P/c1-15(2)42-26(38)16(3)33-45(40,44-20-11-10-18(30)24-23(20)17-8-6-7-9-19(17)34(24)5)41-14-21-25(37)29(4,31)27(43-21)35-13-12-22(36)32-28(35)39/h6-13,15-16,21,25,27,37H,14H2,1-5H3,(H,33,40)(H,32,36,39)/t16-,21+,25+,27+,29+,45?/m0/s1. The number of para-hydroxylation sites is 1. The van der Waals surface area contributed by atoms with E-state index in [0.29, 0.717) is 10.9 Å². The average Bonchev–Trinajstić information content (AvgIpc) is 3.39. The average molecular weight is 651 g/mol. The Morgan fingerprint density at radius 3 is 2.60 bits per heavy atom. The number of aromatic amines is 1. The molecule has 45 heavy (non-hydrogen) atoms. The van der Waals surface area contributed by atoms with Gasteiger partial charge in [0, 0.05) is 30.2 Å². The Balaban J connectivity index is 1.49. The van der Waals surface area contributed by atoms with Gasteiger partial charge in [-0.3, -0.25) is 23.7 Å². The van der Waals surface area contributed by atoms with Crippen molar-refractivity contribution in [2.45, 2.75) is 63.9 Å². The van der Waals surface area contributed by atoms with Crippen LogP contribution in [0, 0.1) is 5.82 Å². The number of nitrogens with zero attached hydrogens (tertiary/aromatic N) is 2. The predicted octanol–water partition coefficient (Wildman–Crippen LogP) is 3.44. The molecule has 2 aromatic heterocycles. The zero-order valence-corrected chi connectivity index (χ0v) is 25.9. The molecule has 0 amide bonds. The minimum Gasteiger partial charge on any atom is -0.462 e. The molecule has 16 heteroatoms. The molecule has 13 nitrogen and oxygen atoms in total. The van der Waals surface area contributed by atoms with Gasteiger partial charge in [-0.2, -0.15) is 5.09 Å². The van der Waals surface area contributed by atoms with Crippen molar-refractivity contribution < 1.29 is 41.8 Å². The van der Waals surface area contributed by atoms with E-state index in [0.717, 1.165) is 29.8 Å². The number of ether oxygens (including phenoxy) is 2. The molecule has 0 radical (unpaired) electrons. The third-order valence-corrected chi connectivity index (χ3v) is 9.10. The van der Waals surface area contributed by atoms with Gasteiger partial charge in [0.05, 0.1) is 23.6 Å². The minimum absolute atomic E-state index is 0.0515. The quantitative estimate of drug-likeness (QED) is 0.171. The summed E-state index contributed by atoms with van der Waals surface area (Å²) in [4.78, 5) is 38.5. The zero-order chi connectivity index (χ0) is 32.8. The van der Waals surface area contributed by atoms with E-state index in [2.05, 4.69) is 5.09 Å². The second-order valence-electron chi connectivity index (χ2n) is 11.2. The third kappa shape index (κ3) is 6.18. The van der Waals surface area contributed by atoms with Gasteiger partial charge in [0.15, 0.2) is 11.9 Å². The molecule has 1 aliphatic rings. The highest BCUT2D eigenvalue weighted by molar-refractivity contribution is 7.52. The SMILES string of the molecule is CC(C)OC(=O)[C@H](C)NP(=O)(OC[C@H]1O[C@@H](n2ccc(=O)[nH]c2=O)[C@](C)(F)[C@@H]1O)Oc1ccc(F)c2c1c1ccccc1n2C. The largest absolute Gasteiger partial charge is 0.462 e. The fourth-order valence-electron chi connectivity index (χ4n) is 5.29. The normalized spacial score (nSPS) is 23.8. The Hall–Kier alpha value is -3.88. The number of benzene rings is 2. The molecule has 242 valence electrons. The Labute approximate surface area is 255 Å². The van der Waals surface area contributed by atoms with Crippen molar-refractivity contribution in [2.75, 3.05) is 6.61 Å². The molecule has 3 heterocycles. The van der Waals surface area contributed by atoms with Crippen molar-refractivity contribution in [1.82, 2.24) is 19.2 Å². The van der Waals surface area contributed by atoms with Gasteiger partial charge in [-0.15, -0.1) is 0 Å². The lowest BCUT2D eigenvalue weighted by Gasteiger charge is -2.26. The summed E-state index contributed by atoms with van der Waals surface area (Å²) in [7, 11) is -2.96. The van der Waals surface area contributed by atoms with Gasteiger partial charge < -0.3 is 23.7 Å². The van der Waals surface area contributed by atoms with Crippen molar-refractivity contribution in [3.8, 4) is 5.75 Å². The fraction of sp³-hybridized carbons (Fsp3) is 0.414. The second kappa shape index (κ2) is 12.1. The highest BCUT2D eigenvalue weighted by Gasteiger charge is 2.56. The van der Waals surface area contributed by atoms with Crippen molar-refractivity contribution in [3.63, 3.8) is 0 Å². The first-order chi connectivity index (χ1) is 21.1. The maximum atomic E-state index is 15.8. The van der Waals surface area contributed by atoms with Crippen LogP contribution >= 0.6 is 7.75 Å². The van der Waals surface area contributed by atoms with E-state index in [1.54, 1.807) is 49.7 Å². The lowest BCUT2D eigenvalue weighted by molar-refractivity contribution is -0.149. The third-order valence-electron chi connectivity index (χ3n) is 7.47. The van der Waals surface area contributed by atoms with E-state index in [1.807, 2.05) is 4.98 Å². The highest BCUT2D eigenvalue weighted by Crippen LogP contribution is 2.50. The van der Waals surface area contributed by atoms with E-state index >= 15 is 8.78 Å². The number of fused-ring (bicyclic) bond motifs is 3. The Bertz CT molecular complexity index is 1920. The molecular weight excluding hydrogens is 617 g/mol. The molecule has 1 fully saturated rings. The number of aliphatic hydroxyl groups excluding tert-OH is 1. The van der Waals surface area contributed by atoms with Crippen molar-refractivity contribution in [1.29, 1.82) is 0 Å². The number of hydrogen-bond acceptors (Lipinski definition) is 9. The number of carbonyl (C=O) groups is 1. The van der Waals surface area contributed by atoms with E-state index in [4.69, 9.17) is 18.5 Å². The van der Waals surface area contributed by atoms with Crippen LogP contribution in [0.3, 0.4) is 0 Å². The molecule has 3 N–H and O–H groups in total. The molecule has 1 aliphatic heterocycles. The lowest BCUT2D eigenvalue weighted by atomic mass is 9.98. The van der Waals surface area contributed by atoms with Crippen LogP contribution < -0.4 is 20.9 Å². The van der Waals surface area contributed by atoms with E-state index in [1.165, 1.54) is 13.0 Å². The molecule has 4 aromatic rings. The topological polar surface area (TPSA) is 163 Å². The van der Waals surface area contributed by atoms with Gasteiger partial charge in [-0.1, -0.05) is 18.2 Å². The van der Waals surface area contributed by atoms with Gasteiger partial charge in [0.2, 0.25) is 0 Å². The van der Waals surface area contributed by atoms with Crippen LogP contribution in [0.2, 0.25) is 0 Å². The number of H-pyrrole nitrogens is 1. The summed E-state index contributed by atoms with van der Waals surface area (Å²) in [6.45, 7) is 4.87. The molecular formula is C29H33F2N4O9P. The van der Waals surface area contributed by atoms with Gasteiger partial charge in [0.1, 0.15) is 29.8 Å². The number of halogens is 2. The number of carbonyl (C=O) groups excluding carboxylic acids is 1. The van der Waals surface area contributed by atoms with Crippen LogP contribution in [0.25, 0.3) is 21.8 Å². The summed E-state index contributed by atoms with van der Waals surface area (Å²) in [6.07, 6.45) is -4.56. The number of rotatable bonds is 10. The monoisotopic (exact) mass is 650 g/mol. The predicted molar refractivity (Wildman–Crippen MR) is 159 cm³/mol. The van der Waals surface area contributed by atoms with Crippen molar-refractivity contribution in [2.24, 2.45) is 7.05 Å². The fourth-order valence-corrected chi connectivity index (χ4v) is 6.80. The zero-order valence-electron chi connectivity index (χ0n) is 25.0. The number of esters is 1. The number of aliphatic hydroxyl groups is 1. The van der Waals surface area contributed by atoms with Crippen LogP contribution in [-0.4, -0.2) is 61.8 Å². The van der Waals surface area contributed by atoms with Crippen LogP contribution in [0.1, 0.15) is 33.9 Å². The van der Waals surface area contributed by atoms with Crippen LogP contribution in [-0.2, 0) is 30.4 Å². The highest BCUT2D eigenvalue weighted by atomic mass is 31.2. The van der Waals surface area contributed by atoms with Gasteiger partial charge >= 0.3 is 19.4 Å². The summed E-state index contributed by atoms with van der Waals surface area (Å²) in [5.41, 5.74) is -3.44. The molecule has 0 spiro atoms. The molecule has 6 atom stereocenters. The van der Waals surface area contributed by atoms with Crippen LogP contribution in [0.5, 0.6) is 5.75 Å². The maximum Gasteiger partial charge on any atom is 0.459 e.